The number of thiazole rings is 1. The van der Waals surface area contributed by atoms with Crippen LogP contribution in [0.2, 0.25) is 0 Å². The van der Waals surface area contributed by atoms with Gasteiger partial charge in [-0.1, -0.05) is 45.6 Å². The molecule has 4 aromatic rings. The third kappa shape index (κ3) is 10.5. The summed E-state index contributed by atoms with van der Waals surface area (Å²) in [6.45, 7) is 16.2. The Balaban J connectivity index is 1.06. The highest BCUT2D eigenvalue weighted by Gasteiger charge is 2.55. The van der Waals surface area contributed by atoms with E-state index in [-0.39, 0.29) is 60.6 Å². The van der Waals surface area contributed by atoms with Crippen LogP contribution in [0, 0.1) is 40.9 Å². The first-order valence-electron chi connectivity index (χ1n) is 26.9. The van der Waals surface area contributed by atoms with Crippen molar-refractivity contribution in [1.29, 1.82) is 0 Å². The molecule has 8 bridgehead atoms. The molecule has 3 saturated carbocycles. The molecule has 8 aliphatic rings. The van der Waals surface area contributed by atoms with E-state index in [1.54, 1.807) is 30.4 Å². The predicted molar refractivity (Wildman–Crippen MR) is 278 cm³/mol. The molecular formula is C56H70F3N9O6S. The summed E-state index contributed by atoms with van der Waals surface area (Å²) in [6, 6.07) is 5.14. The second-order valence-electron chi connectivity index (χ2n) is 23.1. The van der Waals surface area contributed by atoms with Gasteiger partial charge in [0.1, 0.15) is 23.6 Å². The van der Waals surface area contributed by atoms with Gasteiger partial charge in [0, 0.05) is 109 Å². The molecule has 5 aliphatic heterocycles. The molecule has 0 spiro atoms. The second kappa shape index (κ2) is 20.5. The zero-order valence-corrected chi connectivity index (χ0v) is 44.9. The SMILES string of the molecule is CO[C@@H](C)c1ncc(C#C[C@@H](C)N2CCN(C3CC3)CC2)cc1-c1c2c3cc(ccc3n1CC(F)(F)F)-c1csc(n1)[C@@H](N1CCOCC1)[C@H](NC(=O)C1[C@@H](C)[C@H]1C)C(=O)N1N[C@H](C(=O)OCC(C)(C)C2)C2CC1C2. The van der Waals surface area contributed by atoms with Crippen LogP contribution in [0.5, 0.6) is 0 Å². The molecule has 2 amide bonds. The largest absolute Gasteiger partial charge is 0.464 e. The Morgan fingerprint density at radius 1 is 1.01 bits per heavy atom. The number of methoxy groups -OCH3 is 1. The fraction of sp³-hybridized carbons (Fsp3) is 0.625. The summed E-state index contributed by atoms with van der Waals surface area (Å²) in [5.74, 6) is 5.70. The van der Waals surface area contributed by atoms with E-state index in [4.69, 9.17) is 24.2 Å². The highest BCUT2D eigenvalue weighted by molar-refractivity contribution is 7.10. The maximum atomic E-state index is 15.3. The Morgan fingerprint density at radius 3 is 2.43 bits per heavy atom. The molecule has 0 radical (unpaired) electrons. The van der Waals surface area contributed by atoms with Crippen molar-refractivity contribution in [2.45, 2.75) is 129 Å². The number of hydrogen-bond donors (Lipinski definition) is 2. The number of aromatic nitrogens is 3. The molecule has 8 atom stereocenters. The fourth-order valence-electron chi connectivity index (χ4n) is 12.4. The predicted octanol–water partition coefficient (Wildman–Crippen LogP) is 7.00. The van der Waals surface area contributed by atoms with Gasteiger partial charge in [0.2, 0.25) is 5.91 Å². The van der Waals surface area contributed by atoms with Crippen molar-refractivity contribution in [2.75, 3.05) is 66.2 Å². The summed E-state index contributed by atoms with van der Waals surface area (Å²) in [6.07, 6.45) is 0.367. The van der Waals surface area contributed by atoms with Gasteiger partial charge in [0.15, 0.2) is 0 Å². The first-order valence-corrected chi connectivity index (χ1v) is 27.8. The number of piperazine rings is 1. The number of cyclic esters (lactones) is 1. The molecule has 15 nitrogen and oxygen atoms in total. The third-order valence-corrected chi connectivity index (χ3v) is 18.2. The summed E-state index contributed by atoms with van der Waals surface area (Å²) in [5, 5.41) is 7.87. The van der Waals surface area contributed by atoms with E-state index in [2.05, 4.69) is 44.2 Å². The van der Waals surface area contributed by atoms with Crippen LogP contribution in [0.15, 0.2) is 35.8 Å². The van der Waals surface area contributed by atoms with Gasteiger partial charge in [-0.15, -0.1) is 11.3 Å². The van der Waals surface area contributed by atoms with Gasteiger partial charge >= 0.3 is 12.1 Å². The van der Waals surface area contributed by atoms with Gasteiger partial charge in [0.25, 0.3) is 5.91 Å². The number of alkyl halides is 3. The van der Waals surface area contributed by atoms with Crippen molar-refractivity contribution in [3.05, 3.63) is 57.7 Å². The number of amides is 2. The molecule has 75 heavy (non-hydrogen) atoms. The Kier molecular flexibility index (Phi) is 14.2. The zero-order chi connectivity index (χ0) is 52.7. The normalized spacial score (nSPS) is 29.4. The third-order valence-electron chi connectivity index (χ3n) is 17.3. The quantitative estimate of drug-likeness (QED) is 0.132. The molecule has 3 aliphatic carbocycles. The number of hydrazine groups is 1. The van der Waals surface area contributed by atoms with Gasteiger partial charge in [-0.3, -0.25) is 39.1 Å². The van der Waals surface area contributed by atoms with Gasteiger partial charge in [-0.25, -0.2) is 10.4 Å². The van der Waals surface area contributed by atoms with Crippen molar-refractivity contribution >= 4 is 40.0 Å². The first-order chi connectivity index (χ1) is 35.9. The molecule has 19 heteroatoms. The monoisotopic (exact) mass is 1050 g/mol. The maximum Gasteiger partial charge on any atom is 0.406 e. The van der Waals surface area contributed by atoms with Gasteiger partial charge in [0.05, 0.1) is 55.1 Å². The van der Waals surface area contributed by atoms with E-state index in [0.717, 1.165) is 26.2 Å². The van der Waals surface area contributed by atoms with Crippen LogP contribution in [0.1, 0.15) is 101 Å². The number of nitrogens with zero attached hydrogens (tertiary/aromatic N) is 7. The number of ether oxygens (including phenoxy) is 3. The summed E-state index contributed by atoms with van der Waals surface area (Å²) in [5.41, 5.74) is 6.51. The lowest BCUT2D eigenvalue weighted by atomic mass is 9.73. The van der Waals surface area contributed by atoms with E-state index in [1.165, 1.54) is 28.7 Å². The highest BCUT2D eigenvalue weighted by Crippen LogP contribution is 2.47. The number of morpholine rings is 1. The average Bonchev–Trinajstić information content (AvgIpc) is 4.26. The number of halogens is 3. The molecule has 1 unspecified atom stereocenters. The number of rotatable bonds is 9. The lowest BCUT2D eigenvalue weighted by Crippen LogP contribution is -2.72. The average molecular weight is 1050 g/mol. The lowest BCUT2D eigenvalue weighted by Gasteiger charge is -2.53. The number of fused-ring (bicyclic) bond motifs is 4. The smallest absolute Gasteiger partial charge is 0.406 e. The Morgan fingerprint density at radius 2 is 1.75 bits per heavy atom. The molecule has 7 fully saturated rings. The van der Waals surface area contributed by atoms with Gasteiger partial charge in [-0.05, 0) is 87.5 Å². The van der Waals surface area contributed by atoms with Crippen LogP contribution in [0.25, 0.3) is 33.4 Å². The molecule has 2 N–H and O–H groups in total. The van der Waals surface area contributed by atoms with E-state index in [9.17, 15) is 9.59 Å². The fourth-order valence-corrected chi connectivity index (χ4v) is 13.4. The topological polar surface area (TPSA) is 147 Å². The minimum atomic E-state index is -4.62. The van der Waals surface area contributed by atoms with E-state index < -0.39 is 48.3 Å². The molecular weight excluding hydrogens is 984 g/mol. The van der Waals surface area contributed by atoms with Crippen molar-refractivity contribution in [1.82, 2.24) is 45.0 Å². The van der Waals surface area contributed by atoms with Crippen molar-refractivity contribution < 1.29 is 41.8 Å². The van der Waals surface area contributed by atoms with Crippen LogP contribution >= 0.6 is 11.3 Å². The Hall–Kier alpha value is -4.94. The number of carbonyl (C=O) groups excluding carboxylic acids is 3. The maximum absolute atomic E-state index is 15.3. The molecule has 402 valence electrons. The number of pyridine rings is 1. The molecule has 1 aromatic carbocycles. The van der Waals surface area contributed by atoms with Crippen LogP contribution in [0.4, 0.5) is 13.2 Å². The first kappa shape index (κ1) is 52.1. The molecule has 8 heterocycles. The van der Waals surface area contributed by atoms with Gasteiger partial charge in [-0.2, -0.15) is 13.2 Å². The van der Waals surface area contributed by atoms with E-state index >= 15 is 18.0 Å². The van der Waals surface area contributed by atoms with E-state index in [0.29, 0.717) is 100 Å². The van der Waals surface area contributed by atoms with Gasteiger partial charge < -0.3 is 24.1 Å². The summed E-state index contributed by atoms with van der Waals surface area (Å²) >= 11 is 1.37. The van der Waals surface area contributed by atoms with E-state index in [1.807, 2.05) is 52.1 Å². The van der Waals surface area contributed by atoms with Crippen molar-refractivity contribution in [2.24, 2.45) is 29.1 Å². The number of benzene rings is 1. The molecule has 3 aromatic heterocycles. The van der Waals surface area contributed by atoms with Crippen molar-refractivity contribution in [3.63, 3.8) is 0 Å². The minimum absolute atomic E-state index is 0.0518. The summed E-state index contributed by atoms with van der Waals surface area (Å²) < 4.78 is 64.9. The van der Waals surface area contributed by atoms with Crippen LogP contribution < -0.4 is 10.7 Å². The van der Waals surface area contributed by atoms with Crippen LogP contribution in [-0.2, 0) is 41.6 Å². The van der Waals surface area contributed by atoms with Crippen molar-refractivity contribution in [3.8, 4) is 34.4 Å². The zero-order valence-electron chi connectivity index (χ0n) is 44.0. The van der Waals surface area contributed by atoms with Crippen LogP contribution in [-0.4, -0.2) is 155 Å². The standard InChI is InChI=1S/C56H70F3N9O6S/c1-31(64-14-16-65(17-15-64)38-11-12-38)8-9-35-22-41(46(60-27-35)34(4)72-7)49-42-26-55(5,6)30-74-54(71)47-37-23-39(24-37)68(63-47)53(70)48(62-51(69)45-32(2)33(45)3)50(66-18-20-73-21-19-66)52-61-43(28-75-52)36-10-13-44(40(42)25-36)67(49)29-56(57,58)59/h10,13,22,25,27-28,31-34,37-39,45,47-48,50,63H,11-12,14-21,23-24,26,29-30H2,1-7H3,(H,62,69)/t31-,32-,33+,34+,37?,39?,45?,47+,48+,50+/m1/s1. The number of nitrogens with one attached hydrogen (secondary N) is 2. The second-order valence-corrected chi connectivity index (χ2v) is 24.0. The summed E-state index contributed by atoms with van der Waals surface area (Å²) in [4.78, 5) is 61.1. The number of esters is 1. The highest BCUT2D eigenvalue weighted by atomic mass is 32.1. The molecule has 4 saturated heterocycles. The minimum Gasteiger partial charge on any atom is -0.464 e. The number of carbonyl (C=O) groups is 3. The Labute approximate surface area is 441 Å². The Bertz CT molecular complexity index is 2880. The summed E-state index contributed by atoms with van der Waals surface area (Å²) in [7, 11) is 1.55. The van der Waals surface area contributed by atoms with Crippen LogP contribution in [0.3, 0.4) is 0 Å². The lowest BCUT2D eigenvalue weighted by molar-refractivity contribution is -0.172. The molecule has 12 rings (SSSR count). The number of hydrogen-bond acceptors (Lipinski definition) is 13.